The summed E-state index contributed by atoms with van der Waals surface area (Å²) in [7, 11) is -1.87. The zero-order valence-electron chi connectivity index (χ0n) is 13.8. The van der Waals surface area contributed by atoms with Crippen LogP contribution in [0.4, 0.5) is 0 Å². The Labute approximate surface area is 141 Å². The van der Waals surface area contributed by atoms with E-state index in [1.54, 1.807) is 38.1 Å². The molecule has 2 aromatic heterocycles. The summed E-state index contributed by atoms with van der Waals surface area (Å²) in [6.45, 7) is 3.66. The van der Waals surface area contributed by atoms with Crippen LogP contribution < -0.4 is 4.72 Å². The predicted molar refractivity (Wildman–Crippen MR) is 90.9 cm³/mol. The second-order valence-electron chi connectivity index (χ2n) is 5.66. The maximum atomic E-state index is 12.5. The Hall–Kier alpha value is -2.38. The van der Waals surface area contributed by atoms with Gasteiger partial charge in [0.1, 0.15) is 4.90 Å². The summed E-state index contributed by atoms with van der Waals surface area (Å²) in [6.07, 6.45) is 3.29. The molecule has 0 spiro atoms. The Morgan fingerprint density at radius 2 is 1.83 bits per heavy atom. The highest BCUT2D eigenvalue weighted by Crippen LogP contribution is 2.21. The van der Waals surface area contributed by atoms with Crippen LogP contribution in [0.1, 0.15) is 17.0 Å². The van der Waals surface area contributed by atoms with Crippen molar-refractivity contribution in [3.05, 3.63) is 59.8 Å². The van der Waals surface area contributed by atoms with Gasteiger partial charge in [-0.15, -0.1) is 0 Å². The molecule has 0 atom stereocenters. The fourth-order valence-electron chi connectivity index (χ4n) is 2.64. The highest BCUT2D eigenvalue weighted by atomic mass is 32.2. The number of aromatic nitrogens is 2. The number of rotatable bonds is 5. The molecule has 0 saturated carbocycles. The van der Waals surface area contributed by atoms with E-state index in [2.05, 4.69) is 9.82 Å². The van der Waals surface area contributed by atoms with Crippen LogP contribution in [0.2, 0.25) is 0 Å². The van der Waals surface area contributed by atoms with Crippen LogP contribution in [0, 0.1) is 13.8 Å². The van der Waals surface area contributed by atoms with Gasteiger partial charge in [0.05, 0.1) is 23.9 Å². The molecular formula is C17H19N3O3S. The van der Waals surface area contributed by atoms with E-state index < -0.39 is 10.0 Å². The molecule has 0 aliphatic carbocycles. The summed E-state index contributed by atoms with van der Waals surface area (Å²) in [5, 5.41) is 4.16. The molecule has 0 amide bonds. The first kappa shape index (κ1) is 16.5. The molecule has 0 unspecified atom stereocenters. The molecular weight excluding hydrogens is 326 g/mol. The maximum absolute atomic E-state index is 12.5. The predicted octanol–water partition coefficient (Wildman–Crippen LogP) is 2.78. The molecule has 0 aliphatic rings. The number of hydrogen-bond acceptors (Lipinski definition) is 4. The number of furan rings is 1. The van der Waals surface area contributed by atoms with E-state index in [0.717, 1.165) is 16.7 Å². The summed E-state index contributed by atoms with van der Waals surface area (Å²) in [5.41, 5.74) is 4.01. The van der Waals surface area contributed by atoms with Crippen molar-refractivity contribution in [3.63, 3.8) is 0 Å². The zero-order chi connectivity index (χ0) is 17.3. The molecule has 0 saturated heterocycles. The molecule has 3 rings (SSSR count). The van der Waals surface area contributed by atoms with Crippen molar-refractivity contribution < 1.29 is 12.8 Å². The Kier molecular flexibility index (Phi) is 4.29. The fourth-order valence-corrected chi connectivity index (χ4v) is 4.09. The highest BCUT2D eigenvalue weighted by molar-refractivity contribution is 7.89. The summed E-state index contributed by atoms with van der Waals surface area (Å²) >= 11 is 0. The van der Waals surface area contributed by atoms with Crippen molar-refractivity contribution in [2.45, 2.75) is 25.3 Å². The Balaban J connectivity index is 1.75. The molecule has 1 N–H and O–H groups in total. The van der Waals surface area contributed by atoms with E-state index in [1.807, 2.05) is 30.3 Å². The molecule has 0 aliphatic heterocycles. The van der Waals surface area contributed by atoms with Gasteiger partial charge in [0.2, 0.25) is 10.0 Å². The van der Waals surface area contributed by atoms with Crippen molar-refractivity contribution in [2.24, 2.45) is 7.05 Å². The summed E-state index contributed by atoms with van der Waals surface area (Å²) in [4.78, 5) is 0.250. The monoisotopic (exact) mass is 345 g/mol. The lowest BCUT2D eigenvalue weighted by Gasteiger charge is -2.08. The van der Waals surface area contributed by atoms with Crippen LogP contribution in [0.3, 0.4) is 0 Å². The van der Waals surface area contributed by atoms with Crippen LogP contribution in [0.25, 0.3) is 11.1 Å². The summed E-state index contributed by atoms with van der Waals surface area (Å²) in [6, 6.07) is 9.55. The van der Waals surface area contributed by atoms with Crippen LogP contribution in [0.5, 0.6) is 0 Å². The normalized spacial score (nSPS) is 11.8. The quantitative estimate of drug-likeness (QED) is 0.771. The highest BCUT2D eigenvalue weighted by Gasteiger charge is 2.23. The van der Waals surface area contributed by atoms with E-state index in [1.165, 1.54) is 0 Å². The minimum absolute atomic E-state index is 0.224. The topological polar surface area (TPSA) is 77.1 Å². The van der Waals surface area contributed by atoms with E-state index in [9.17, 15) is 8.42 Å². The van der Waals surface area contributed by atoms with Crippen LogP contribution in [-0.2, 0) is 23.6 Å². The number of nitrogens with zero attached hydrogens (tertiary/aromatic N) is 2. The number of hydrogen-bond donors (Lipinski definition) is 1. The number of benzene rings is 1. The molecule has 7 heteroatoms. The number of aryl methyl sites for hydroxylation is 2. The molecule has 24 heavy (non-hydrogen) atoms. The second kappa shape index (κ2) is 6.26. The van der Waals surface area contributed by atoms with Crippen LogP contribution >= 0.6 is 0 Å². The average Bonchev–Trinajstić information content (AvgIpc) is 3.15. The van der Waals surface area contributed by atoms with Crippen LogP contribution in [0.15, 0.2) is 52.2 Å². The van der Waals surface area contributed by atoms with Crippen molar-refractivity contribution in [2.75, 3.05) is 0 Å². The molecule has 0 bridgehead atoms. The van der Waals surface area contributed by atoms with Gasteiger partial charge in [-0.2, -0.15) is 5.10 Å². The van der Waals surface area contributed by atoms with Gasteiger partial charge in [0, 0.05) is 19.2 Å². The van der Waals surface area contributed by atoms with Gasteiger partial charge in [-0.3, -0.25) is 4.68 Å². The average molecular weight is 345 g/mol. The lowest BCUT2D eigenvalue weighted by atomic mass is 10.1. The first-order chi connectivity index (χ1) is 11.4. The van der Waals surface area contributed by atoms with Crippen molar-refractivity contribution in [1.29, 1.82) is 0 Å². The number of nitrogens with one attached hydrogen (secondary N) is 1. The van der Waals surface area contributed by atoms with Gasteiger partial charge in [-0.25, -0.2) is 13.1 Å². The van der Waals surface area contributed by atoms with Gasteiger partial charge in [0.15, 0.2) is 0 Å². The van der Waals surface area contributed by atoms with Gasteiger partial charge in [-0.05, 0) is 31.0 Å². The summed E-state index contributed by atoms with van der Waals surface area (Å²) < 4.78 is 34.4. The third kappa shape index (κ3) is 3.13. The van der Waals surface area contributed by atoms with E-state index in [-0.39, 0.29) is 11.4 Å². The smallest absolute Gasteiger partial charge is 0.244 e. The standard InChI is InChI=1S/C17H19N3O3S/c1-12-17(13(2)20(3)19-12)24(21,22)18-10-14-4-6-15(7-5-14)16-8-9-23-11-16/h4-9,11,18H,10H2,1-3H3. The molecule has 0 fully saturated rings. The van der Waals surface area contributed by atoms with Crippen molar-refractivity contribution in [1.82, 2.24) is 14.5 Å². The van der Waals surface area contributed by atoms with Crippen molar-refractivity contribution >= 4 is 10.0 Å². The minimum atomic E-state index is -3.60. The number of sulfonamides is 1. The van der Waals surface area contributed by atoms with Crippen molar-refractivity contribution in [3.8, 4) is 11.1 Å². The van der Waals surface area contributed by atoms with Gasteiger partial charge in [0.25, 0.3) is 0 Å². The molecule has 2 heterocycles. The largest absolute Gasteiger partial charge is 0.472 e. The first-order valence-electron chi connectivity index (χ1n) is 7.50. The van der Waals surface area contributed by atoms with Gasteiger partial charge in [-0.1, -0.05) is 24.3 Å². The molecule has 126 valence electrons. The first-order valence-corrected chi connectivity index (χ1v) is 8.98. The lowest BCUT2D eigenvalue weighted by molar-refractivity contribution is 0.568. The SMILES string of the molecule is Cc1nn(C)c(C)c1S(=O)(=O)NCc1ccc(-c2ccoc2)cc1. The third-order valence-corrected chi connectivity index (χ3v) is 5.64. The Morgan fingerprint density at radius 3 is 2.38 bits per heavy atom. The maximum Gasteiger partial charge on any atom is 0.244 e. The third-order valence-electron chi connectivity index (χ3n) is 3.99. The van der Waals surface area contributed by atoms with Crippen LogP contribution in [-0.4, -0.2) is 18.2 Å². The van der Waals surface area contributed by atoms with Gasteiger partial charge < -0.3 is 4.42 Å². The van der Waals surface area contributed by atoms with E-state index in [4.69, 9.17) is 4.42 Å². The van der Waals surface area contributed by atoms with Gasteiger partial charge >= 0.3 is 0 Å². The van der Waals surface area contributed by atoms with E-state index in [0.29, 0.717) is 11.4 Å². The Morgan fingerprint density at radius 1 is 1.12 bits per heavy atom. The molecule has 3 aromatic rings. The zero-order valence-corrected chi connectivity index (χ0v) is 14.6. The lowest BCUT2D eigenvalue weighted by Crippen LogP contribution is -2.24. The molecule has 0 radical (unpaired) electrons. The fraction of sp³-hybridized carbons (Fsp3) is 0.235. The molecule has 6 nitrogen and oxygen atoms in total. The second-order valence-corrected chi connectivity index (χ2v) is 7.36. The summed E-state index contributed by atoms with van der Waals surface area (Å²) in [5.74, 6) is 0. The molecule has 1 aromatic carbocycles. The minimum Gasteiger partial charge on any atom is -0.472 e. The Bertz CT molecular complexity index is 940. The van der Waals surface area contributed by atoms with E-state index >= 15 is 0 Å².